The van der Waals surface area contributed by atoms with Gasteiger partial charge in [0.1, 0.15) is 6.33 Å². The topological polar surface area (TPSA) is 83.8 Å². The molecule has 2 unspecified atom stereocenters. The van der Waals surface area contributed by atoms with Crippen molar-refractivity contribution in [3.8, 4) is 5.69 Å². The van der Waals surface area contributed by atoms with Gasteiger partial charge >= 0.3 is 11.9 Å². The highest BCUT2D eigenvalue weighted by Gasteiger charge is 2.37. The third-order valence-electron chi connectivity index (χ3n) is 8.73. The van der Waals surface area contributed by atoms with Gasteiger partial charge in [-0.15, -0.1) is 10.2 Å². The van der Waals surface area contributed by atoms with E-state index in [0.29, 0.717) is 36.7 Å². The predicted molar refractivity (Wildman–Crippen MR) is 164 cm³/mol. The average molecular weight is 630 g/mol. The molecule has 0 spiro atoms. The summed E-state index contributed by atoms with van der Waals surface area (Å²) in [5, 5.41) is 18.3. The first-order chi connectivity index (χ1) is 21.0. The molecule has 0 saturated carbocycles. The standard InChI is InChI=1S/C31H38F3N7O2S/c1-4-44-30(2)10-5-6-11-38(19-30)14-21-12-25(31(32,33)34)26-18-40(29(43)41(26)15-21)23-9-7-8-22(13-23)27(39-16-24(42)17-39)28-36-35-20-37(28)3/h7-9,12-13,15,18,20,24,27,42H,4-6,10-11,14,16-17,19H2,1-3H3. The SMILES string of the molecule is CCSC1(C)CCCCN(Cc2cc(C(F)(F)F)c3cn(-c4cccc(C(c5nncn5C)N5CC(O)C5)c4)c(=O)n3c2)C1. The van der Waals surface area contributed by atoms with E-state index in [9.17, 15) is 23.1 Å². The molecule has 0 radical (unpaired) electrons. The Morgan fingerprint density at radius 3 is 2.66 bits per heavy atom. The number of benzene rings is 1. The van der Waals surface area contributed by atoms with Crippen LogP contribution in [0.15, 0.2) is 53.8 Å². The van der Waals surface area contributed by atoms with Crippen LogP contribution < -0.4 is 5.69 Å². The molecule has 2 fully saturated rings. The van der Waals surface area contributed by atoms with Crippen molar-refractivity contribution in [1.29, 1.82) is 0 Å². The minimum Gasteiger partial charge on any atom is -0.390 e. The van der Waals surface area contributed by atoms with Crippen LogP contribution >= 0.6 is 11.8 Å². The Hall–Kier alpha value is -3.13. The highest BCUT2D eigenvalue weighted by molar-refractivity contribution is 8.00. The van der Waals surface area contributed by atoms with Gasteiger partial charge in [0.2, 0.25) is 0 Å². The lowest BCUT2D eigenvalue weighted by molar-refractivity contribution is -0.136. The van der Waals surface area contributed by atoms with Crippen LogP contribution in [-0.2, 0) is 19.8 Å². The van der Waals surface area contributed by atoms with Crippen LogP contribution in [0.2, 0.25) is 0 Å². The minimum absolute atomic E-state index is 0.0460. The third kappa shape index (κ3) is 6.07. The van der Waals surface area contributed by atoms with Crippen LogP contribution in [0.1, 0.15) is 61.7 Å². The van der Waals surface area contributed by atoms with Crippen molar-refractivity contribution in [2.75, 3.05) is 31.9 Å². The maximum Gasteiger partial charge on any atom is 0.418 e. The van der Waals surface area contributed by atoms with Gasteiger partial charge in [-0.05, 0) is 61.4 Å². The Bertz CT molecular complexity index is 1690. The van der Waals surface area contributed by atoms with Crippen LogP contribution in [0.5, 0.6) is 0 Å². The molecule has 0 bridgehead atoms. The molecule has 2 aliphatic heterocycles. The number of aliphatic hydroxyl groups is 1. The molecule has 13 heteroatoms. The summed E-state index contributed by atoms with van der Waals surface area (Å²) in [7, 11) is 1.83. The van der Waals surface area contributed by atoms with E-state index in [2.05, 4.69) is 28.9 Å². The molecule has 1 aromatic carbocycles. The first kappa shape index (κ1) is 30.9. The fourth-order valence-corrected chi connectivity index (χ4v) is 7.93. The second-order valence-corrected chi connectivity index (χ2v) is 14.1. The van der Waals surface area contributed by atoms with Gasteiger partial charge in [-0.2, -0.15) is 24.9 Å². The largest absolute Gasteiger partial charge is 0.418 e. The number of imidazole rings is 1. The van der Waals surface area contributed by atoms with E-state index in [-0.39, 0.29) is 16.3 Å². The maximum absolute atomic E-state index is 14.5. The number of thioether (sulfide) groups is 1. The van der Waals surface area contributed by atoms with E-state index in [4.69, 9.17) is 0 Å². The highest BCUT2D eigenvalue weighted by atomic mass is 32.2. The number of aromatic nitrogens is 5. The Balaban J connectivity index is 1.39. The van der Waals surface area contributed by atoms with Gasteiger partial charge in [0, 0.05) is 50.4 Å². The third-order valence-corrected chi connectivity index (χ3v) is 10.0. The summed E-state index contributed by atoms with van der Waals surface area (Å²) < 4.78 is 47.6. The Labute approximate surface area is 258 Å². The number of hydrogen-bond acceptors (Lipinski definition) is 7. The number of aryl methyl sites for hydroxylation is 1. The molecule has 1 N–H and O–H groups in total. The van der Waals surface area contributed by atoms with Crippen LogP contribution in [0.4, 0.5) is 13.2 Å². The molecule has 9 nitrogen and oxygen atoms in total. The van der Waals surface area contributed by atoms with Crippen LogP contribution in [0.25, 0.3) is 11.2 Å². The number of β-amino-alcohol motifs (C(OH)–C–C–N with tert-alkyl or cyclic N) is 1. The Morgan fingerprint density at radius 1 is 1.18 bits per heavy atom. The number of hydrogen-bond donors (Lipinski definition) is 1. The molecule has 4 aromatic rings. The quantitative estimate of drug-likeness (QED) is 0.307. The lowest BCUT2D eigenvalue weighted by atomic mass is 9.99. The maximum atomic E-state index is 14.5. The number of rotatable bonds is 8. The molecule has 0 amide bonds. The summed E-state index contributed by atoms with van der Waals surface area (Å²) in [6.07, 6.45) is 2.51. The molecule has 5 heterocycles. The zero-order valence-electron chi connectivity index (χ0n) is 25.2. The van der Waals surface area contributed by atoms with Gasteiger partial charge in [-0.3, -0.25) is 18.8 Å². The smallest absolute Gasteiger partial charge is 0.390 e. The van der Waals surface area contributed by atoms with Gasteiger partial charge in [-0.25, -0.2) is 4.79 Å². The predicted octanol–water partition coefficient (Wildman–Crippen LogP) is 4.50. The second kappa shape index (κ2) is 12.0. The molecule has 44 heavy (non-hydrogen) atoms. The number of aliphatic hydroxyl groups excluding tert-OH is 1. The number of alkyl halides is 3. The fraction of sp³-hybridized carbons (Fsp3) is 0.516. The second-order valence-electron chi connectivity index (χ2n) is 12.3. The van der Waals surface area contributed by atoms with Crippen LogP contribution in [0.3, 0.4) is 0 Å². The van der Waals surface area contributed by atoms with E-state index < -0.39 is 23.5 Å². The summed E-state index contributed by atoms with van der Waals surface area (Å²) in [5.74, 6) is 1.65. The minimum atomic E-state index is -4.64. The van der Waals surface area contributed by atoms with Gasteiger partial charge in [0.15, 0.2) is 5.82 Å². The summed E-state index contributed by atoms with van der Waals surface area (Å²) in [6.45, 7) is 7.20. The van der Waals surface area contributed by atoms with Gasteiger partial charge in [-0.1, -0.05) is 25.5 Å². The number of halogens is 3. The van der Waals surface area contributed by atoms with Gasteiger partial charge < -0.3 is 9.67 Å². The molecule has 236 valence electrons. The van der Waals surface area contributed by atoms with E-state index in [1.54, 1.807) is 35.3 Å². The summed E-state index contributed by atoms with van der Waals surface area (Å²) in [6, 6.07) is 8.02. The summed E-state index contributed by atoms with van der Waals surface area (Å²) in [4.78, 5) is 18.0. The number of likely N-dealkylation sites (tertiary alicyclic amines) is 2. The Morgan fingerprint density at radius 2 is 1.98 bits per heavy atom. The number of nitrogens with zero attached hydrogens (tertiary/aromatic N) is 7. The molecule has 2 saturated heterocycles. The van der Waals surface area contributed by atoms with E-state index in [0.717, 1.165) is 48.1 Å². The van der Waals surface area contributed by atoms with E-state index >= 15 is 0 Å². The normalized spacial score (nSPS) is 21.4. The van der Waals surface area contributed by atoms with Crippen molar-refractivity contribution in [2.45, 2.75) is 62.7 Å². The van der Waals surface area contributed by atoms with Crippen molar-refractivity contribution in [3.05, 3.63) is 82.1 Å². The molecule has 3 aromatic heterocycles. The molecule has 0 aliphatic carbocycles. The highest BCUT2D eigenvalue weighted by Crippen LogP contribution is 2.37. The van der Waals surface area contributed by atoms with Crippen molar-refractivity contribution in [3.63, 3.8) is 0 Å². The lowest BCUT2D eigenvalue weighted by Gasteiger charge is -2.41. The first-order valence-corrected chi connectivity index (χ1v) is 16.0. The van der Waals surface area contributed by atoms with Crippen molar-refractivity contribution < 1.29 is 18.3 Å². The van der Waals surface area contributed by atoms with Crippen molar-refractivity contribution in [2.24, 2.45) is 7.05 Å². The van der Waals surface area contributed by atoms with Crippen molar-refractivity contribution in [1.82, 2.24) is 33.5 Å². The van der Waals surface area contributed by atoms with Crippen LogP contribution in [0, 0.1) is 0 Å². The summed E-state index contributed by atoms with van der Waals surface area (Å²) >= 11 is 1.90. The van der Waals surface area contributed by atoms with Gasteiger partial charge in [0.25, 0.3) is 0 Å². The van der Waals surface area contributed by atoms with Crippen molar-refractivity contribution >= 4 is 17.3 Å². The molecule has 2 aliphatic rings. The zero-order chi connectivity index (χ0) is 31.2. The van der Waals surface area contributed by atoms with E-state index in [1.807, 2.05) is 29.8 Å². The van der Waals surface area contributed by atoms with Crippen LogP contribution in [-0.4, -0.2) is 81.4 Å². The molecular weight excluding hydrogens is 591 g/mol. The monoisotopic (exact) mass is 629 g/mol. The average Bonchev–Trinajstić information content (AvgIpc) is 3.46. The molecule has 6 rings (SSSR count). The van der Waals surface area contributed by atoms with E-state index in [1.165, 1.54) is 16.8 Å². The molecule has 2 atom stereocenters. The number of fused-ring (bicyclic) bond motifs is 1. The number of pyridine rings is 1. The first-order valence-electron chi connectivity index (χ1n) is 15.0. The zero-order valence-corrected chi connectivity index (χ0v) is 26.0. The molecular formula is C31H38F3N7O2S. The fourth-order valence-electron chi connectivity index (χ4n) is 6.68. The summed E-state index contributed by atoms with van der Waals surface area (Å²) in [5.41, 5.74) is 0.116. The van der Waals surface area contributed by atoms with Gasteiger partial charge in [0.05, 0.1) is 28.9 Å². The Kier molecular flexibility index (Phi) is 8.42. The lowest BCUT2D eigenvalue weighted by Crippen LogP contribution is -2.52.